The Morgan fingerprint density at radius 1 is 1.19 bits per heavy atom. The van der Waals surface area contributed by atoms with Gasteiger partial charge in [-0.2, -0.15) is 18.2 Å². The smallest absolute Gasteiger partial charge is 0.378 e. The minimum atomic E-state index is -4.28. The molecule has 1 aliphatic heterocycles. The number of aromatic nitrogens is 2. The topological polar surface area (TPSA) is 51.4 Å². The van der Waals surface area contributed by atoms with E-state index in [1.807, 2.05) is 0 Å². The second-order valence-electron chi connectivity index (χ2n) is 6.52. The van der Waals surface area contributed by atoms with Gasteiger partial charge in [-0.25, -0.2) is 0 Å². The maximum absolute atomic E-state index is 12.6. The number of rotatable bonds is 6. The third-order valence-corrected chi connectivity index (χ3v) is 4.47. The lowest BCUT2D eigenvalue weighted by Crippen LogP contribution is -2.36. The molecule has 0 saturated carbocycles. The van der Waals surface area contributed by atoms with Gasteiger partial charge in [0.05, 0.1) is 18.3 Å². The van der Waals surface area contributed by atoms with E-state index in [9.17, 15) is 13.2 Å². The number of ether oxygens (including phenoxy) is 1. The summed E-state index contributed by atoms with van der Waals surface area (Å²) in [6.45, 7) is 4.71. The molecule has 0 atom stereocenters. The molecule has 8 heteroatoms. The molecule has 142 valence electrons. The van der Waals surface area contributed by atoms with Crippen LogP contribution in [0.3, 0.4) is 0 Å². The number of hydrogen-bond acceptors (Lipinski definition) is 5. The van der Waals surface area contributed by atoms with E-state index in [1.165, 1.54) is 0 Å². The third kappa shape index (κ3) is 5.28. The lowest BCUT2D eigenvalue weighted by molar-refractivity contribution is -0.137. The minimum Gasteiger partial charge on any atom is -0.378 e. The fourth-order valence-corrected chi connectivity index (χ4v) is 3.05. The second kappa shape index (κ2) is 8.18. The largest absolute Gasteiger partial charge is 0.416 e. The van der Waals surface area contributed by atoms with E-state index in [1.54, 1.807) is 19.1 Å². The molecule has 1 saturated heterocycles. The van der Waals surface area contributed by atoms with Crippen LogP contribution in [0.1, 0.15) is 35.7 Å². The molecule has 26 heavy (non-hydrogen) atoms. The van der Waals surface area contributed by atoms with E-state index < -0.39 is 11.7 Å². The number of piperidine rings is 1. The van der Waals surface area contributed by atoms with Crippen molar-refractivity contribution in [2.75, 3.05) is 19.7 Å². The molecule has 5 nitrogen and oxygen atoms in total. The van der Waals surface area contributed by atoms with Crippen LogP contribution in [0.2, 0.25) is 0 Å². The van der Waals surface area contributed by atoms with E-state index in [0.717, 1.165) is 43.6 Å². The Hall–Kier alpha value is -1.93. The SMILES string of the molecule is Cc1nc(CCOC2CCN(Cc3ccc(C(F)(F)F)cc3)CC2)no1. The van der Waals surface area contributed by atoms with Crippen LogP contribution in [-0.4, -0.2) is 40.8 Å². The summed E-state index contributed by atoms with van der Waals surface area (Å²) < 4.78 is 48.6. The van der Waals surface area contributed by atoms with Crippen molar-refractivity contribution in [1.82, 2.24) is 15.0 Å². The zero-order chi connectivity index (χ0) is 18.6. The van der Waals surface area contributed by atoms with E-state index >= 15 is 0 Å². The fraction of sp³-hybridized carbons (Fsp3) is 0.556. The first-order valence-electron chi connectivity index (χ1n) is 8.69. The van der Waals surface area contributed by atoms with Gasteiger partial charge in [0.15, 0.2) is 5.82 Å². The van der Waals surface area contributed by atoms with Crippen molar-refractivity contribution in [3.05, 3.63) is 47.1 Å². The molecule has 0 bridgehead atoms. The number of nitrogens with zero attached hydrogens (tertiary/aromatic N) is 3. The molecule has 0 unspecified atom stereocenters. The Kier molecular flexibility index (Phi) is 5.93. The van der Waals surface area contributed by atoms with Crippen molar-refractivity contribution < 1.29 is 22.4 Å². The monoisotopic (exact) mass is 369 g/mol. The van der Waals surface area contributed by atoms with Gasteiger partial charge in [-0.05, 0) is 30.5 Å². The van der Waals surface area contributed by atoms with Crippen molar-refractivity contribution >= 4 is 0 Å². The quantitative estimate of drug-likeness (QED) is 0.778. The summed E-state index contributed by atoms with van der Waals surface area (Å²) in [5.41, 5.74) is 0.287. The van der Waals surface area contributed by atoms with Crippen LogP contribution < -0.4 is 0 Å². The normalized spacial score (nSPS) is 16.9. The van der Waals surface area contributed by atoms with E-state index in [2.05, 4.69) is 15.0 Å². The highest BCUT2D eigenvalue weighted by Crippen LogP contribution is 2.29. The Balaban J connectivity index is 1.38. The summed E-state index contributed by atoms with van der Waals surface area (Å²) in [5.74, 6) is 1.21. The lowest BCUT2D eigenvalue weighted by Gasteiger charge is -2.31. The van der Waals surface area contributed by atoms with Crippen LogP contribution >= 0.6 is 0 Å². The van der Waals surface area contributed by atoms with Gasteiger partial charge in [0.1, 0.15) is 0 Å². The molecule has 0 spiro atoms. The molecule has 1 aromatic carbocycles. The second-order valence-corrected chi connectivity index (χ2v) is 6.52. The van der Waals surface area contributed by atoms with Crippen molar-refractivity contribution in [2.24, 2.45) is 0 Å². The number of benzene rings is 1. The molecule has 0 radical (unpaired) electrons. The molecule has 0 aliphatic carbocycles. The first kappa shape index (κ1) is 18.8. The maximum Gasteiger partial charge on any atom is 0.416 e. The number of aryl methyl sites for hydroxylation is 1. The standard InChI is InChI=1S/C18H22F3N3O2/c1-13-22-17(23-26-13)8-11-25-16-6-9-24(10-7-16)12-14-2-4-15(5-3-14)18(19,20)21/h2-5,16H,6-12H2,1H3. The average molecular weight is 369 g/mol. The first-order chi connectivity index (χ1) is 12.4. The number of halogens is 3. The maximum atomic E-state index is 12.6. The molecule has 2 heterocycles. The highest BCUT2D eigenvalue weighted by molar-refractivity contribution is 5.24. The van der Waals surface area contributed by atoms with Gasteiger partial charge in [-0.15, -0.1) is 0 Å². The predicted octanol–water partition coefficient (Wildman–Crippen LogP) is 3.62. The van der Waals surface area contributed by atoms with Crippen LogP contribution in [-0.2, 0) is 23.9 Å². The summed E-state index contributed by atoms with van der Waals surface area (Å²) in [7, 11) is 0. The zero-order valence-electron chi connectivity index (χ0n) is 14.6. The third-order valence-electron chi connectivity index (χ3n) is 4.47. The highest BCUT2D eigenvalue weighted by atomic mass is 19.4. The average Bonchev–Trinajstić information content (AvgIpc) is 3.01. The molecular formula is C18H22F3N3O2. The summed E-state index contributed by atoms with van der Waals surface area (Å²) in [6.07, 6.45) is -1.64. The van der Waals surface area contributed by atoms with Crippen LogP contribution in [0, 0.1) is 6.92 Å². The van der Waals surface area contributed by atoms with Crippen molar-refractivity contribution in [1.29, 1.82) is 0 Å². The molecule has 3 rings (SSSR count). The van der Waals surface area contributed by atoms with Gasteiger partial charge < -0.3 is 9.26 Å². The van der Waals surface area contributed by atoms with Crippen molar-refractivity contribution in [3.8, 4) is 0 Å². The van der Waals surface area contributed by atoms with Crippen LogP contribution in [0.15, 0.2) is 28.8 Å². The molecule has 1 aromatic heterocycles. The summed E-state index contributed by atoms with van der Waals surface area (Å²) in [6, 6.07) is 5.40. The van der Waals surface area contributed by atoms with Gasteiger partial charge >= 0.3 is 6.18 Å². The van der Waals surface area contributed by atoms with E-state index in [0.29, 0.717) is 31.3 Å². The Morgan fingerprint density at radius 2 is 1.88 bits per heavy atom. The lowest BCUT2D eigenvalue weighted by atomic mass is 10.1. The van der Waals surface area contributed by atoms with Gasteiger partial charge in [0.25, 0.3) is 0 Å². The number of hydrogen-bond donors (Lipinski definition) is 0. The molecule has 0 N–H and O–H groups in total. The molecule has 2 aromatic rings. The molecular weight excluding hydrogens is 347 g/mol. The Bertz CT molecular complexity index is 692. The van der Waals surface area contributed by atoms with E-state index in [-0.39, 0.29) is 6.10 Å². The van der Waals surface area contributed by atoms with Gasteiger partial charge in [-0.3, -0.25) is 4.90 Å². The van der Waals surface area contributed by atoms with Crippen LogP contribution in [0.25, 0.3) is 0 Å². The molecule has 0 amide bonds. The van der Waals surface area contributed by atoms with Crippen molar-refractivity contribution in [2.45, 2.75) is 45.0 Å². The van der Waals surface area contributed by atoms with Gasteiger partial charge in [-0.1, -0.05) is 17.3 Å². The summed E-state index contributed by atoms with van der Waals surface area (Å²) in [5, 5.41) is 3.83. The molecule has 1 fully saturated rings. The van der Waals surface area contributed by atoms with Crippen LogP contribution in [0.5, 0.6) is 0 Å². The van der Waals surface area contributed by atoms with Gasteiger partial charge in [0, 0.05) is 33.0 Å². The number of alkyl halides is 3. The van der Waals surface area contributed by atoms with Crippen molar-refractivity contribution in [3.63, 3.8) is 0 Å². The zero-order valence-corrected chi connectivity index (χ0v) is 14.6. The van der Waals surface area contributed by atoms with E-state index in [4.69, 9.17) is 9.26 Å². The first-order valence-corrected chi connectivity index (χ1v) is 8.69. The number of likely N-dealkylation sites (tertiary alicyclic amines) is 1. The predicted molar refractivity (Wildman–Crippen MR) is 88.4 cm³/mol. The minimum absolute atomic E-state index is 0.201. The fourth-order valence-electron chi connectivity index (χ4n) is 3.05. The summed E-state index contributed by atoms with van der Waals surface area (Å²) in [4.78, 5) is 6.38. The molecule has 1 aliphatic rings. The van der Waals surface area contributed by atoms with Crippen LogP contribution in [0.4, 0.5) is 13.2 Å². The van der Waals surface area contributed by atoms with Gasteiger partial charge in [0.2, 0.25) is 5.89 Å². The Labute approximate surface area is 150 Å². The Morgan fingerprint density at radius 3 is 2.46 bits per heavy atom. The summed E-state index contributed by atoms with van der Waals surface area (Å²) >= 11 is 0. The highest BCUT2D eigenvalue weighted by Gasteiger charge is 2.30.